The van der Waals surface area contributed by atoms with Gasteiger partial charge in [-0.3, -0.25) is 4.79 Å². The van der Waals surface area contributed by atoms with Gasteiger partial charge in [-0.2, -0.15) is 0 Å². The fraction of sp³-hybridized carbons (Fsp3) is 0.0952. The van der Waals surface area contributed by atoms with Crippen LogP contribution in [0.1, 0.15) is 15.9 Å². The summed E-state index contributed by atoms with van der Waals surface area (Å²) in [5, 5.41) is 2.34. The van der Waals surface area contributed by atoms with Gasteiger partial charge in [0.05, 0.1) is 10.6 Å². The number of nitrogens with one attached hydrogen (secondary N) is 2. The van der Waals surface area contributed by atoms with E-state index >= 15 is 0 Å². The van der Waals surface area contributed by atoms with Gasteiger partial charge in [0.15, 0.2) is 0 Å². The van der Waals surface area contributed by atoms with Crippen LogP contribution in [0.25, 0.3) is 0 Å². The minimum absolute atomic E-state index is 0.144. The van der Waals surface area contributed by atoms with E-state index in [4.69, 9.17) is 0 Å². The average molecular weight is 416 g/mol. The van der Waals surface area contributed by atoms with Crippen LogP contribution in [0, 0.1) is 11.6 Å². The van der Waals surface area contributed by atoms with Crippen molar-refractivity contribution in [3.63, 3.8) is 0 Å². The van der Waals surface area contributed by atoms with Crippen LogP contribution in [0.5, 0.6) is 0 Å². The van der Waals surface area contributed by atoms with Crippen molar-refractivity contribution in [3.05, 3.63) is 95.6 Å². The predicted molar refractivity (Wildman–Crippen MR) is 106 cm³/mol. The number of carbonyl (C=O) groups excluding carboxylic acids is 1. The fourth-order valence-electron chi connectivity index (χ4n) is 2.62. The fourth-order valence-corrected chi connectivity index (χ4v) is 3.66. The molecule has 3 aromatic carbocycles. The highest BCUT2D eigenvalue weighted by Gasteiger charge is 2.17. The Bertz CT molecular complexity index is 1100. The van der Waals surface area contributed by atoms with Crippen molar-refractivity contribution in [2.45, 2.75) is 11.3 Å². The molecule has 1 amide bonds. The molecule has 0 radical (unpaired) electrons. The first-order chi connectivity index (χ1) is 13.8. The third-order valence-corrected chi connectivity index (χ3v) is 5.61. The van der Waals surface area contributed by atoms with Gasteiger partial charge < -0.3 is 5.32 Å². The third-order valence-electron chi connectivity index (χ3n) is 4.15. The van der Waals surface area contributed by atoms with E-state index in [-0.39, 0.29) is 22.7 Å². The molecule has 3 rings (SSSR count). The summed E-state index contributed by atoms with van der Waals surface area (Å²) < 4.78 is 54.4. The van der Waals surface area contributed by atoms with E-state index in [1.807, 2.05) is 30.3 Å². The standard InChI is InChI=1S/C21H18F2N2O3S/c22-17-8-6-16(7-9-17)21(26)25-20-11-10-18(14-19(20)23)29(27,28)24-13-12-15-4-2-1-3-5-15/h1-11,14,24H,12-13H2,(H,25,26). The molecule has 0 aliphatic rings. The molecule has 0 saturated heterocycles. The largest absolute Gasteiger partial charge is 0.319 e. The quantitative estimate of drug-likeness (QED) is 0.616. The second-order valence-corrected chi connectivity index (χ2v) is 8.00. The maximum atomic E-state index is 14.3. The van der Waals surface area contributed by atoms with Crippen LogP contribution in [0.3, 0.4) is 0 Å². The van der Waals surface area contributed by atoms with E-state index in [1.165, 1.54) is 24.3 Å². The van der Waals surface area contributed by atoms with Gasteiger partial charge in [-0.15, -0.1) is 0 Å². The number of carbonyl (C=O) groups is 1. The molecular formula is C21H18F2N2O3S. The van der Waals surface area contributed by atoms with Crippen molar-refractivity contribution < 1.29 is 22.0 Å². The number of benzene rings is 3. The van der Waals surface area contributed by atoms with E-state index in [1.54, 1.807) is 0 Å². The Morgan fingerprint density at radius 3 is 2.24 bits per heavy atom. The molecule has 0 bridgehead atoms. The number of hydrogen-bond donors (Lipinski definition) is 2. The van der Waals surface area contributed by atoms with E-state index in [0.717, 1.165) is 23.8 Å². The van der Waals surface area contributed by atoms with Gasteiger partial charge in [0.25, 0.3) is 5.91 Å². The Morgan fingerprint density at radius 1 is 0.897 bits per heavy atom. The highest BCUT2D eigenvalue weighted by atomic mass is 32.2. The zero-order valence-corrected chi connectivity index (χ0v) is 16.0. The molecule has 3 aromatic rings. The summed E-state index contributed by atoms with van der Waals surface area (Å²) in [4.78, 5) is 11.9. The van der Waals surface area contributed by atoms with Gasteiger partial charge in [-0.05, 0) is 54.4 Å². The minimum Gasteiger partial charge on any atom is -0.319 e. The normalized spacial score (nSPS) is 11.2. The second-order valence-electron chi connectivity index (χ2n) is 6.24. The van der Waals surface area contributed by atoms with Crippen LogP contribution in [-0.4, -0.2) is 20.9 Å². The number of halogens is 2. The smallest absolute Gasteiger partial charge is 0.255 e. The van der Waals surface area contributed by atoms with Crippen LogP contribution in [0.15, 0.2) is 77.7 Å². The molecule has 0 aromatic heterocycles. The molecule has 29 heavy (non-hydrogen) atoms. The Kier molecular flexibility index (Phi) is 6.36. The summed E-state index contributed by atoms with van der Waals surface area (Å²) >= 11 is 0. The maximum Gasteiger partial charge on any atom is 0.255 e. The molecule has 0 heterocycles. The minimum atomic E-state index is -3.90. The van der Waals surface area contributed by atoms with E-state index < -0.39 is 27.6 Å². The number of sulfonamides is 1. The molecule has 5 nitrogen and oxygen atoms in total. The molecule has 0 aliphatic carbocycles. The van der Waals surface area contributed by atoms with Crippen molar-refractivity contribution in [1.82, 2.24) is 4.72 Å². The van der Waals surface area contributed by atoms with Crippen molar-refractivity contribution in [1.29, 1.82) is 0 Å². The van der Waals surface area contributed by atoms with Crippen LogP contribution in [0.2, 0.25) is 0 Å². The third kappa shape index (κ3) is 5.46. The molecule has 0 unspecified atom stereocenters. The van der Waals surface area contributed by atoms with E-state index in [9.17, 15) is 22.0 Å². The van der Waals surface area contributed by atoms with E-state index in [0.29, 0.717) is 6.42 Å². The van der Waals surface area contributed by atoms with Gasteiger partial charge in [0.2, 0.25) is 10.0 Å². The van der Waals surface area contributed by atoms with Crippen LogP contribution >= 0.6 is 0 Å². The molecule has 0 saturated carbocycles. The molecule has 0 aliphatic heterocycles. The summed E-state index contributed by atoms with van der Waals surface area (Å²) in [6.07, 6.45) is 0.494. The van der Waals surface area contributed by atoms with Crippen LogP contribution < -0.4 is 10.0 Å². The van der Waals surface area contributed by atoms with Crippen molar-refractivity contribution in [2.75, 3.05) is 11.9 Å². The number of hydrogen-bond acceptors (Lipinski definition) is 3. The predicted octanol–water partition coefficient (Wildman–Crippen LogP) is 3.74. The Labute approximate surface area is 167 Å². The van der Waals surface area contributed by atoms with Crippen molar-refractivity contribution >= 4 is 21.6 Å². The Morgan fingerprint density at radius 2 is 1.59 bits per heavy atom. The Balaban J connectivity index is 1.66. The molecule has 8 heteroatoms. The lowest BCUT2D eigenvalue weighted by Gasteiger charge is -2.10. The average Bonchev–Trinajstić information content (AvgIpc) is 2.70. The number of rotatable bonds is 7. The molecule has 150 valence electrons. The van der Waals surface area contributed by atoms with Crippen LogP contribution in [0.4, 0.5) is 14.5 Å². The topological polar surface area (TPSA) is 75.3 Å². The lowest BCUT2D eigenvalue weighted by atomic mass is 10.2. The molecule has 2 N–H and O–H groups in total. The first-order valence-corrected chi connectivity index (χ1v) is 10.2. The highest BCUT2D eigenvalue weighted by Crippen LogP contribution is 2.20. The molecular weight excluding hydrogens is 398 g/mol. The van der Waals surface area contributed by atoms with Gasteiger partial charge in [-0.1, -0.05) is 30.3 Å². The zero-order chi connectivity index (χ0) is 20.9. The Hall–Kier alpha value is -3.10. The van der Waals surface area contributed by atoms with Gasteiger partial charge in [0.1, 0.15) is 11.6 Å². The van der Waals surface area contributed by atoms with Gasteiger partial charge >= 0.3 is 0 Å². The van der Waals surface area contributed by atoms with Crippen LogP contribution in [-0.2, 0) is 16.4 Å². The number of anilines is 1. The molecule has 0 fully saturated rings. The zero-order valence-electron chi connectivity index (χ0n) is 15.2. The summed E-state index contributed by atoms with van der Waals surface area (Å²) in [7, 11) is -3.90. The SMILES string of the molecule is O=C(Nc1ccc(S(=O)(=O)NCCc2ccccc2)cc1F)c1ccc(F)cc1. The molecule has 0 atom stereocenters. The lowest BCUT2D eigenvalue weighted by molar-refractivity contribution is 0.102. The lowest BCUT2D eigenvalue weighted by Crippen LogP contribution is -2.26. The highest BCUT2D eigenvalue weighted by molar-refractivity contribution is 7.89. The van der Waals surface area contributed by atoms with Gasteiger partial charge in [0, 0.05) is 12.1 Å². The van der Waals surface area contributed by atoms with Gasteiger partial charge in [-0.25, -0.2) is 21.9 Å². The van der Waals surface area contributed by atoms with E-state index in [2.05, 4.69) is 10.0 Å². The van der Waals surface area contributed by atoms with Crippen molar-refractivity contribution in [3.8, 4) is 0 Å². The summed E-state index contributed by atoms with van der Waals surface area (Å²) in [5.74, 6) is -2.03. The summed E-state index contributed by atoms with van der Waals surface area (Å²) in [6.45, 7) is 0.164. The maximum absolute atomic E-state index is 14.3. The number of amides is 1. The molecule has 0 spiro atoms. The first kappa shape index (κ1) is 20.6. The van der Waals surface area contributed by atoms with Crippen molar-refractivity contribution in [2.24, 2.45) is 0 Å². The summed E-state index contributed by atoms with van der Waals surface area (Å²) in [5.41, 5.74) is 0.938. The first-order valence-electron chi connectivity index (χ1n) is 8.75. The summed E-state index contributed by atoms with van der Waals surface area (Å²) in [6, 6.07) is 17.3. The monoisotopic (exact) mass is 416 g/mol. The second kappa shape index (κ2) is 8.93.